The molecule has 2 N–H and O–H groups in total. The number of aromatic nitrogens is 2. The van der Waals surface area contributed by atoms with E-state index in [2.05, 4.69) is 45.0 Å². The highest BCUT2D eigenvalue weighted by atomic mass is 79.9. The smallest absolute Gasteiger partial charge is 0.188 e. The predicted molar refractivity (Wildman–Crippen MR) is 92.6 cm³/mol. The fourth-order valence-corrected chi connectivity index (χ4v) is 3.59. The average Bonchev–Trinajstić information content (AvgIpc) is 2.41. The molecule has 0 aliphatic heterocycles. The van der Waals surface area contributed by atoms with Gasteiger partial charge in [0.2, 0.25) is 0 Å². The molecule has 0 saturated carbocycles. The highest BCUT2D eigenvalue weighted by molar-refractivity contribution is 9.10. The molecular formula is C16H20BrN3S. The standard InChI is InChI=1S/C16H20BrN3S/c1-9-11(3)19-16(20-12(9)4)21-15(10(2)18)13-6-5-7-14(17)8-13/h5-8,10,15H,18H2,1-4H3. The summed E-state index contributed by atoms with van der Waals surface area (Å²) in [5.74, 6) is 0. The van der Waals surface area contributed by atoms with Gasteiger partial charge in [-0.3, -0.25) is 0 Å². The summed E-state index contributed by atoms with van der Waals surface area (Å²) in [7, 11) is 0. The fraction of sp³-hybridized carbons (Fsp3) is 0.375. The summed E-state index contributed by atoms with van der Waals surface area (Å²) in [6.45, 7) is 8.12. The summed E-state index contributed by atoms with van der Waals surface area (Å²) in [4.78, 5) is 9.18. The topological polar surface area (TPSA) is 51.8 Å². The third-order valence-electron chi connectivity index (χ3n) is 3.50. The van der Waals surface area contributed by atoms with Crippen LogP contribution in [0.15, 0.2) is 33.9 Å². The molecule has 1 aromatic carbocycles. The molecule has 0 aliphatic carbocycles. The van der Waals surface area contributed by atoms with E-state index in [-0.39, 0.29) is 11.3 Å². The van der Waals surface area contributed by atoms with Crippen LogP contribution >= 0.6 is 27.7 Å². The van der Waals surface area contributed by atoms with E-state index in [1.54, 1.807) is 11.8 Å². The van der Waals surface area contributed by atoms with Crippen molar-refractivity contribution in [2.45, 2.75) is 44.1 Å². The second kappa shape index (κ2) is 6.90. The molecule has 0 spiro atoms. The van der Waals surface area contributed by atoms with Crippen LogP contribution in [0.3, 0.4) is 0 Å². The van der Waals surface area contributed by atoms with Gasteiger partial charge in [-0.1, -0.05) is 39.8 Å². The Kier molecular flexibility index (Phi) is 5.41. The van der Waals surface area contributed by atoms with Crippen molar-refractivity contribution in [3.8, 4) is 0 Å². The lowest BCUT2D eigenvalue weighted by molar-refractivity contribution is 0.716. The van der Waals surface area contributed by atoms with Gasteiger partial charge in [0.25, 0.3) is 0 Å². The number of nitrogens with two attached hydrogens (primary N) is 1. The van der Waals surface area contributed by atoms with Crippen LogP contribution in [0.4, 0.5) is 0 Å². The van der Waals surface area contributed by atoms with Crippen LogP contribution in [-0.2, 0) is 0 Å². The first-order valence-electron chi connectivity index (χ1n) is 6.88. The number of thioether (sulfide) groups is 1. The molecular weight excluding hydrogens is 346 g/mol. The SMILES string of the molecule is Cc1nc(SC(c2cccc(Br)c2)C(C)N)nc(C)c1C. The quantitative estimate of drug-likeness (QED) is 0.646. The average molecular weight is 366 g/mol. The molecule has 2 unspecified atom stereocenters. The van der Waals surface area contributed by atoms with Gasteiger partial charge >= 0.3 is 0 Å². The normalized spacial score (nSPS) is 14.0. The Labute approximate surface area is 138 Å². The van der Waals surface area contributed by atoms with Crippen molar-refractivity contribution in [1.29, 1.82) is 0 Å². The van der Waals surface area contributed by atoms with Gasteiger partial charge in [-0.05, 0) is 51.0 Å². The number of nitrogens with zero attached hydrogens (tertiary/aromatic N) is 2. The number of rotatable bonds is 4. The Morgan fingerprint density at radius 1 is 1.14 bits per heavy atom. The molecule has 0 aliphatic rings. The molecule has 3 nitrogen and oxygen atoms in total. The minimum atomic E-state index is 0.00909. The van der Waals surface area contributed by atoms with Gasteiger partial charge in [-0.2, -0.15) is 0 Å². The van der Waals surface area contributed by atoms with E-state index in [1.807, 2.05) is 32.9 Å². The van der Waals surface area contributed by atoms with Crippen molar-refractivity contribution in [2.24, 2.45) is 5.73 Å². The van der Waals surface area contributed by atoms with Crippen LogP contribution in [0.25, 0.3) is 0 Å². The first-order chi connectivity index (χ1) is 9.88. The molecule has 1 aromatic heterocycles. The molecule has 21 heavy (non-hydrogen) atoms. The van der Waals surface area contributed by atoms with E-state index in [0.717, 1.165) is 26.6 Å². The lowest BCUT2D eigenvalue weighted by Gasteiger charge is -2.20. The summed E-state index contributed by atoms with van der Waals surface area (Å²) in [6.07, 6.45) is 0. The first kappa shape index (κ1) is 16.5. The minimum Gasteiger partial charge on any atom is -0.327 e. The predicted octanol–water partition coefficient (Wildman–Crippen LogP) is 4.34. The summed E-state index contributed by atoms with van der Waals surface area (Å²) in [6, 6.07) is 8.26. The number of hydrogen-bond acceptors (Lipinski definition) is 4. The maximum absolute atomic E-state index is 6.18. The molecule has 0 fully saturated rings. The van der Waals surface area contributed by atoms with E-state index in [4.69, 9.17) is 5.73 Å². The largest absolute Gasteiger partial charge is 0.327 e. The first-order valence-corrected chi connectivity index (χ1v) is 8.55. The third-order valence-corrected chi connectivity index (χ3v) is 5.34. The molecule has 0 saturated heterocycles. The van der Waals surface area contributed by atoms with E-state index in [1.165, 1.54) is 5.56 Å². The van der Waals surface area contributed by atoms with Crippen LogP contribution in [0.1, 0.15) is 34.7 Å². The maximum Gasteiger partial charge on any atom is 0.188 e. The number of halogens is 1. The second-order valence-electron chi connectivity index (χ2n) is 5.25. The lowest BCUT2D eigenvalue weighted by atomic mass is 10.1. The van der Waals surface area contributed by atoms with Crippen LogP contribution in [0.2, 0.25) is 0 Å². The van der Waals surface area contributed by atoms with Gasteiger partial charge in [0.1, 0.15) is 0 Å². The summed E-state index contributed by atoms with van der Waals surface area (Å²) in [5, 5.41) is 0.918. The van der Waals surface area contributed by atoms with Gasteiger partial charge in [0.05, 0.1) is 5.25 Å². The molecule has 0 radical (unpaired) electrons. The van der Waals surface area contributed by atoms with Crippen LogP contribution < -0.4 is 5.73 Å². The van der Waals surface area contributed by atoms with Crippen LogP contribution in [0.5, 0.6) is 0 Å². The molecule has 0 amide bonds. The van der Waals surface area contributed by atoms with Gasteiger partial charge in [0, 0.05) is 21.9 Å². The molecule has 2 aromatic rings. The van der Waals surface area contributed by atoms with Crippen molar-refractivity contribution in [3.63, 3.8) is 0 Å². The molecule has 2 rings (SSSR count). The highest BCUT2D eigenvalue weighted by Gasteiger charge is 2.20. The van der Waals surface area contributed by atoms with Crippen molar-refractivity contribution in [2.75, 3.05) is 0 Å². The van der Waals surface area contributed by atoms with Crippen molar-refractivity contribution >= 4 is 27.7 Å². The Bertz CT molecular complexity index is 620. The zero-order valence-electron chi connectivity index (χ0n) is 12.7. The molecule has 5 heteroatoms. The van der Waals surface area contributed by atoms with E-state index < -0.39 is 0 Å². The van der Waals surface area contributed by atoms with Crippen LogP contribution in [-0.4, -0.2) is 16.0 Å². The highest BCUT2D eigenvalue weighted by Crippen LogP contribution is 2.36. The number of benzene rings is 1. The number of hydrogen-bond donors (Lipinski definition) is 1. The Balaban J connectivity index is 2.33. The van der Waals surface area contributed by atoms with Crippen molar-refractivity contribution in [1.82, 2.24) is 9.97 Å². The Morgan fingerprint density at radius 2 is 1.76 bits per heavy atom. The van der Waals surface area contributed by atoms with Gasteiger partial charge in [-0.25, -0.2) is 9.97 Å². The van der Waals surface area contributed by atoms with Crippen molar-refractivity contribution < 1.29 is 0 Å². The van der Waals surface area contributed by atoms with E-state index >= 15 is 0 Å². The van der Waals surface area contributed by atoms with Gasteiger partial charge in [-0.15, -0.1) is 0 Å². The molecule has 1 heterocycles. The Morgan fingerprint density at radius 3 is 2.29 bits per heavy atom. The third kappa shape index (κ3) is 4.05. The Hall–Kier alpha value is -0.910. The van der Waals surface area contributed by atoms with Gasteiger partial charge in [0.15, 0.2) is 5.16 Å². The van der Waals surface area contributed by atoms with E-state index in [0.29, 0.717) is 0 Å². The maximum atomic E-state index is 6.18. The minimum absolute atomic E-state index is 0.00909. The molecule has 0 bridgehead atoms. The zero-order chi connectivity index (χ0) is 15.6. The lowest BCUT2D eigenvalue weighted by Crippen LogP contribution is -2.23. The van der Waals surface area contributed by atoms with Gasteiger partial charge < -0.3 is 5.73 Å². The second-order valence-corrected chi connectivity index (χ2v) is 7.28. The fourth-order valence-electron chi connectivity index (χ4n) is 2.07. The molecule has 112 valence electrons. The monoisotopic (exact) mass is 365 g/mol. The summed E-state index contributed by atoms with van der Waals surface area (Å²) < 4.78 is 1.06. The summed E-state index contributed by atoms with van der Waals surface area (Å²) >= 11 is 5.14. The van der Waals surface area contributed by atoms with E-state index in [9.17, 15) is 0 Å². The molecule has 2 atom stereocenters. The zero-order valence-corrected chi connectivity index (χ0v) is 15.1. The van der Waals surface area contributed by atoms with Crippen molar-refractivity contribution in [3.05, 3.63) is 51.3 Å². The van der Waals surface area contributed by atoms with Crippen LogP contribution in [0, 0.1) is 20.8 Å². The number of aryl methyl sites for hydroxylation is 2. The summed E-state index contributed by atoms with van der Waals surface area (Å²) in [5.41, 5.74) is 10.6.